The van der Waals surface area contributed by atoms with Gasteiger partial charge in [0.25, 0.3) is 5.88 Å². The van der Waals surface area contributed by atoms with Gasteiger partial charge in [0.15, 0.2) is 5.58 Å². The van der Waals surface area contributed by atoms with Gasteiger partial charge >= 0.3 is 0 Å². The SMILES string of the molecule is ClCCOc1noc2ccccc12. The molecule has 0 unspecified atom stereocenters. The van der Waals surface area contributed by atoms with Gasteiger partial charge in [0.2, 0.25) is 0 Å². The van der Waals surface area contributed by atoms with Crippen LogP contribution in [0.2, 0.25) is 0 Å². The first-order valence-corrected chi connectivity index (χ1v) is 4.48. The Morgan fingerprint density at radius 2 is 2.23 bits per heavy atom. The lowest BCUT2D eigenvalue weighted by Crippen LogP contribution is -1.97. The predicted molar refractivity (Wildman–Crippen MR) is 50.2 cm³/mol. The zero-order valence-electron chi connectivity index (χ0n) is 6.87. The Morgan fingerprint density at radius 3 is 3.08 bits per heavy atom. The van der Waals surface area contributed by atoms with E-state index in [9.17, 15) is 0 Å². The number of benzene rings is 1. The highest BCUT2D eigenvalue weighted by Gasteiger charge is 2.06. The molecule has 0 aliphatic rings. The van der Waals surface area contributed by atoms with Gasteiger partial charge < -0.3 is 9.26 Å². The van der Waals surface area contributed by atoms with Gasteiger partial charge in [-0.3, -0.25) is 0 Å². The van der Waals surface area contributed by atoms with Crippen molar-refractivity contribution in [3.05, 3.63) is 24.3 Å². The van der Waals surface area contributed by atoms with E-state index in [0.717, 1.165) is 11.0 Å². The van der Waals surface area contributed by atoms with E-state index in [0.29, 0.717) is 18.4 Å². The number of aromatic nitrogens is 1. The van der Waals surface area contributed by atoms with E-state index >= 15 is 0 Å². The smallest absolute Gasteiger partial charge is 0.262 e. The molecule has 4 heteroatoms. The quantitative estimate of drug-likeness (QED) is 0.709. The third-order valence-corrected chi connectivity index (χ3v) is 1.81. The number of ether oxygens (including phenoxy) is 1. The molecule has 0 radical (unpaired) electrons. The van der Waals surface area contributed by atoms with E-state index in [2.05, 4.69) is 5.16 Å². The van der Waals surface area contributed by atoms with E-state index in [4.69, 9.17) is 20.9 Å². The van der Waals surface area contributed by atoms with Crippen LogP contribution < -0.4 is 4.74 Å². The summed E-state index contributed by atoms with van der Waals surface area (Å²) >= 11 is 5.49. The average molecular weight is 198 g/mol. The molecule has 1 aromatic carbocycles. The summed E-state index contributed by atoms with van der Waals surface area (Å²) in [5.74, 6) is 0.956. The van der Waals surface area contributed by atoms with Gasteiger partial charge in [-0.15, -0.1) is 11.6 Å². The number of nitrogens with zero attached hydrogens (tertiary/aromatic N) is 1. The molecule has 2 rings (SSSR count). The summed E-state index contributed by atoms with van der Waals surface area (Å²) in [5.41, 5.74) is 0.729. The Morgan fingerprint density at radius 1 is 1.38 bits per heavy atom. The van der Waals surface area contributed by atoms with E-state index < -0.39 is 0 Å². The van der Waals surface area contributed by atoms with Gasteiger partial charge in [-0.1, -0.05) is 12.1 Å². The molecule has 68 valence electrons. The lowest BCUT2D eigenvalue weighted by Gasteiger charge is -1.96. The first kappa shape index (κ1) is 8.38. The summed E-state index contributed by atoms with van der Waals surface area (Å²) in [7, 11) is 0. The largest absolute Gasteiger partial charge is 0.474 e. The standard InChI is InChI=1S/C9H8ClNO2/c10-5-6-12-9-7-3-1-2-4-8(7)13-11-9/h1-4H,5-6H2. The Balaban J connectivity index is 2.35. The lowest BCUT2D eigenvalue weighted by molar-refractivity contribution is 0.303. The fourth-order valence-corrected chi connectivity index (χ4v) is 1.18. The molecule has 0 saturated carbocycles. The van der Waals surface area contributed by atoms with Crippen LogP contribution in [0.15, 0.2) is 28.8 Å². The van der Waals surface area contributed by atoms with E-state index in [1.165, 1.54) is 0 Å². The summed E-state index contributed by atoms with van der Waals surface area (Å²) in [5, 5.41) is 4.66. The van der Waals surface area contributed by atoms with E-state index in [1.54, 1.807) is 0 Å². The molecule has 1 aromatic heterocycles. The van der Waals surface area contributed by atoms with Crippen molar-refractivity contribution in [2.24, 2.45) is 0 Å². The number of rotatable bonds is 3. The van der Waals surface area contributed by atoms with Gasteiger partial charge in [-0.2, -0.15) is 0 Å². The zero-order valence-corrected chi connectivity index (χ0v) is 7.62. The first-order valence-electron chi connectivity index (χ1n) is 3.95. The predicted octanol–water partition coefficient (Wildman–Crippen LogP) is 2.45. The van der Waals surface area contributed by atoms with Crippen LogP contribution in [0.3, 0.4) is 0 Å². The molecular weight excluding hydrogens is 190 g/mol. The molecule has 0 spiro atoms. The second-order valence-corrected chi connectivity index (χ2v) is 2.90. The monoisotopic (exact) mass is 197 g/mol. The normalized spacial score (nSPS) is 10.5. The molecule has 2 aromatic rings. The Labute approximate surface area is 80.2 Å². The minimum Gasteiger partial charge on any atom is -0.474 e. The van der Waals surface area contributed by atoms with Gasteiger partial charge in [0.05, 0.1) is 11.3 Å². The molecule has 0 atom stereocenters. The average Bonchev–Trinajstić information content (AvgIpc) is 2.58. The van der Waals surface area contributed by atoms with Crippen molar-refractivity contribution in [1.82, 2.24) is 5.16 Å². The first-order chi connectivity index (χ1) is 6.42. The van der Waals surface area contributed by atoms with Crippen LogP contribution in [0.5, 0.6) is 5.88 Å². The van der Waals surface area contributed by atoms with Crippen molar-refractivity contribution in [3.8, 4) is 5.88 Å². The summed E-state index contributed by atoms with van der Waals surface area (Å²) in [6.45, 7) is 0.443. The molecule has 1 heterocycles. The van der Waals surface area contributed by atoms with E-state index in [1.807, 2.05) is 24.3 Å². The third kappa shape index (κ3) is 1.60. The highest BCUT2D eigenvalue weighted by molar-refractivity contribution is 6.18. The maximum Gasteiger partial charge on any atom is 0.262 e. The number of hydrogen-bond acceptors (Lipinski definition) is 3. The maximum atomic E-state index is 5.49. The molecule has 13 heavy (non-hydrogen) atoms. The molecule has 3 nitrogen and oxygen atoms in total. The van der Waals surface area contributed by atoms with Crippen LogP contribution in [-0.4, -0.2) is 17.6 Å². The second kappa shape index (κ2) is 3.66. The van der Waals surface area contributed by atoms with Gasteiger partial charge in [-0.05, 0) is 17.3 Å². The molecular formula is C9H8ClNO2. The van der Waals surface area contributed by atoms with Crippen LogP contribution in [0.25, 0.3) is 11.0 Å². The summed E-state index contributed by atoms with van der Waals surface area (Å²) in [6.07, 6.45) is 0. The molecule has 0 N–H and O–H groups in total. The van der Waals surface area contributed by atoms with Crippen LogP contribution in [0.1, 0.15) is 0 Å². The Hall–Kier alpha value is -1.22. The van der Waals surface area contributed by atoms with Gasteiger partial charge in [0, 0.05) is 0 Å². The van der Waals surface area contributed by atoms with E-state index in [-0.39, 0.29) is 0 Å². The molecule has 0 aliphatic heterocycles. The minimum atomic E-state index is 0.443. The van der Waals surface area contributed by atoms with Crippen LogP contribution >= 0.6 is 11.6 Å². The molecule has 0 bridgehead atoms. The van der Waals surface area contributed by atoms with Crippen molar-refractivity contribution in [2.45, 2.75) is 0 Å². The minimum absolute atomic E-state index is 0.443. The lowest BCUT2D eigenvalue weighted by atomic mass is 10.3. The van der Waals surface area contributed by atoms with Gasteiger partial charge in [-0.25, -0.2) is 0 Å². The maximum absolute atomic E-state index is 5.49. The summed E-state index contributed by atoms with van der Waals surface area (Å²) in [6, 6.07) is 7.54. The zero-order chi connectivity index (χ0) is 9.10. The molecule has 0 aliphatic carbocycles. The molecule has 0 saturated heterocycles. The molecule has 0 fully saturated rings. The Kier molecular flexibility index (Phi) is 2.36. The third-order valence-electron chi connectivity index (χ3n) is 1.66. The highest BCUT2D eigenvalue weighted by atomic mass is 35.5. The number of alkyl halides is 1. The number of fused-ring (bicyclic) bond motifs is 1. The number of hydrogen-bond donors (Lipinski definition) is 0. The highest BCUT2D eigenvalue weighted by Crippen LogP contribution is 2.23. The fourth-order valence-electron chi connectivity index (χ4n) is 1.10. The topological polar surface area (TPSA) is 35.3 Å². The van der Waals surface area contributed by atoms with Crippen molar-refractivity contribution in [3.63, 3.8) is 0 Å². The van der Waals surface area contributed by atoms with Crippen LogP contribution in [0, 0.1) is 0 Å². The molecule has 0 amide bonds. The van der Waals surface area contributed by atoms with Gasteiger partial charge in [0.1, 0.15) is 6.61 Å². The fraction of sp³-hybridized carbons (Fsp3) is 0.222. The van der Waals surface area contributed by atoms with Crippen molar-refractivity contribution in [2.75, 3.05) is 12.5 Å². The van der Waals surface area contributed by atoms with Crippen molar-refractivity contribution < 1.29 is 9.26 Å². The number of para-hydroxylation sites is 1. The number of halogens is 1. The van der Waals surface area contributed by atoms with Crippen molar-refractivity contribution in [1.29, 1.82) is 0 Å². The summed E-state index contributed by atoms with van der Waals surface area (Å²) in [4.78, 5) is 0. The van der Waals surface area contributed by atoms with Crippen LogP contribution in [0.4, 0.5) is 0 Å². The Bertz CT molecular complexity index is 399. The second-order valence-electron chi connectivity index (χ2n) is 2.52. The van der Waals surface area contributed by atoms with Crippen molar-refractivity contribution >= 4 is 22.6 Å². The van der Waals surface area contributed by atoms with Crippen LogP contribution in [-0.2, 0) is 0 Å². The summed E-state index contributed by atoms with van der Waals surface area (Å²) < 4.78 is 10.3.